The number of aromatic nitrogens is 3. The van der Waals surface area contributed by atoms with Crippen LogP contribution in [0.5, 0.6) is 5.75 Å². The lowest BCUT2D eigenvalue weighted by atomic mass is 10.3. The molecule has 0 saturated carbocycles. The molecule has 0 radical (unpaired) electrons. The average Bonchev–Trinajstić information content (AvgIpc) is 3.01. The Morgan fingerprint density at radius 1 is 1.11 bits per heavy atom. The number of para-hydroxylation sites is 1. The van der Waals surface area contributed by atoms with Crippen molar-refractivity contribution in [2.45, 2.75) is 26.8 Å². The Morgan fingerprint density at radius 2 is 1.89 bits per heavy atom. The molecule has 2 N–H and O–H groups in total. The monoisotopic (exact) mass is 374 g/mol. The van der Waals surface area contributed by atoms with E-state index in [1.807, 2.05) is 55.8 Å². The first-order chi connectivity index (χ1) is 13.2. The third-order valence-electron chi connectivity index (χ3n) is 3.93. The molecule has 1 aromatic heterocycles. The van der Waals surface area contributed by atoms with Crippen LogP contribution in [0.25, 0.3) is 0 Å². The van der Waals surface area contributed by atoms with Crippen molar-refractivity contribution in [3.05, 3.63) is 42.0 Å². The van der Waals surface area contributed by atoms with Gasteiger partial charge in [0.05, 0.1) is 6.54 Å². The molecule has 0 aliphatic rings. The number of rotatable bonds is 11. The van der Waals surface area contributed by atoms with Gasteiger partial charge in [-0.1, -0.05) is 18.2 Å². The van der Waals surface area contributed by atoms with Crippen LogP contribution < -0.4 is 15.4 Å². The van der Waals surface area contributed by atoms with Crippen molar-refractivity contribution in [1.29, 1.82) is 0 Å². The van der Waals surface area contributed by atoms with E-state index in [1.165, 1.54) is 0 Å². The molecule has 0 amide bonds. The molecular weight excluding hydrogens is 344 g/mol. The first-order valence-corrected chi connectivity index (χ1v) is 9.33. The van der Waals surface area contributed by atoms with Gasteiger partial charge in [-0.05, 0) is 32.4 Å². The minimum absolute atomic E-state index is 0.456. The lowest BCUT2D eigenvalue weighted by Gasteiger charge is -2.13. The number of hydrogen-bond acceptors (Lipinski definition) is 5. The summed E-state index contributed by atoms with van der Waals surface area (Å²) < 4.78 is 13.0. The van der Waals surface area contributed by atoms with Crippen LogP contribution in [0.3, 0.4) is 0 Å². The van der Waals surface area contributed by atoms with Gasteiger partial charge in [0.1, 0.15) is 24.7 Å². The maximum Gasteiger partial charge on any atom is 0.191 e. The van der Waals surface area contributed by atoms with Crippen LogP contribution in [0, 0.1) is 6.92 Å². The van der Waals surface area contributed by atoms with Crippen molar-refractivity contribution >= 4 is 5.96 Å². The number of ether oxygens (including phenoxy) is 2. The van der Waals surface area contributed by atoms with E-state index in [9.17, 15) is 0 Å². The van der Waals surface area contributed by atoms with Gasteiger partial charge in [0.2, 0.25) is 0 Å². The third-order valence-corrected chi connectivity index (χ3v) is 3.93. The Hall–Kier alpha value is -2.61. The summed E-state index contributed by atoms with van der Waals surface area (Å²) in [5.41, 5.74) is 0. The van der Waals surface area contributed by atoms with Gasteiger partial charge in [-0.2, -0.15) is 0 Å². The molecule has 2 aromatic rings. The Bertz CT molecular complexity index is 687. The quantitative estimate of drug-likeness (QED) is 0.353. The minimum atomic E-state index is 0.456. The fourth-order valence-corrected chi connectivity index (χ4v) is 2.29. The van der Waals surface area contributed by atoms with Gasteiger partial charge in [-0.15, -0.1) is 10.2 Å². The van der Waals surface area contributed by atoms with Crippen molar-refractivity contribution in [3.63, 3.8) is 0 Å². The lowest BCUT2D eigenvalue weighted by molar-refractivity contribution is 0.145. The Morgan fingerprint density at radius 3 is 2.59 bits per heavy atom. The zero-order valence-electron chi connectivity index (χ0n) is 16.4. The number of hydrogen-bond donors (Lipinski definition) is 2. The molecule has 0 aliphatic carbocycles. The number of guanidine groups is 1. The van der Waals surface area contributed by atoms with Gasteiger partial charge in [0, 0.05) is 26.8 Å². The first-order valence-electron chi connectivity index (χ1n) is 9.33. The predicted molar refractivity (Wildman–Crippen MR) is 106 cm³/mol. The van der Waals surface area contributed by atoms with E-state index in [4.69, 9.17) is 9.47 Å². The van der Waals surface area contributed by atoms with Gasteiger partial charge < -0.3 is 24.7 Å². The molecule has 27 heavy (non-hydrogen) atoms. The Kier molecular flexibility index (Phi) is 9.12. The van der Waals surface area contributed by atoms with Crippen LogP contribution >= 0.6 is 0 Å². The summed E-state index contributed by atoms with van der Waals surface area (Å²) in [5, 5.41) is 14.8. The summed E-state index contributed by atoms with van der Waals surface area (Å²) in [7, 11) is 1.94. The van der Waals surface area contributed by atoms with E-state index in [0.29, 0.717) is 19.7 Å². The zero-order chi connectivity index (χ0) is 19.3. The predicted octanol–water partition coefficient (Wildman–Crippen LogP) is 1.66. The second kappa shape index (κ2) is 11.9. The van der Waals surface area contributed by atoms with Crippen molar-refractivity contribution in [2.24, 2.45) is 12.0 Å². The average molecular weight is 374 g/mol. The molecule has 1 heterocycles. The summed E-state index contributed by atoms with van der Waals surface area (Å²) in [5.74, 6) is 3.28. The van der Waals surface area contributed by atoms with Gasteiger partial charge in [0.25, 0.3) is 0 Å². The maximum absolute atomic E-state index is 5.71. The molecule has 2 rings (SSSR count). The minimum Gasteiger partial charge on any atom is -0.492 e. The fraction of sp³-hybridized carbons (Fsp3) is 0.526. The molecule has 0 bridgehead atoms. The summed E-state index contributed by atoms with van der Waals surface area (Å²) in [6.45, 7) is 7.82. The van der Waals surface area contributed by atoms with Crippen LogP contribution in [0.2, 0.25) is 0 Å². The van der Waals surface area contributed by atoms with Crippen molar-refractivity contribution in [3.8, 4) is 5.75 Å². The molecule has 0 atom stereocenters. The Balaban J connectivity index is 1.82. The number of benzene rings is 1. The van der Waals surface area contributed by atoms with Crippen LogP contribution in [-0.4, -0.2) is 53.6 Å². The molecule has 0 saturated heterocycles. The highest BCUT2D eigenvalue weighted by atomic mass is 16.5. The second-order valence-corrected chi connectivity index (χ2v) is 5.95. The van der Waals surface area contributed by atoms with E-state index < -0.39 is 0 Å². The standard InChI is InChI=1S/C19H30N6O2/c1-4-26-13-8-11-20-19(22-15-18-24-23-16(2)25(18)3)21-12-14-27-17-9-6-5-7-10-17/h5-7,9-10H,4,8,11-15H2,1-3H3,(H2,20,21,22). The molecule has 1 aromatic carbocycles. The summed E-state index contributed by atoms with van der Waals surface area (Å²) in [6.07, 6.45) is 0.915. The number of nitrogens with zero attached hydrogens (tertiary/aromatic N) is 4. The highest BCUT2D eigenvalue weighted by Crippen LogP contribution is 2.07. The van der Waals surface area contributed by atoms with E-state index >= 15 is 0 Å². The molecule has 8 nitrogen and oxygen atoms in total. The highest BCUT2D eigenvalue weighted by molar-refractivity contribution is 5.79. The van der Waals surface area contributed by atoms with Crippen molar-refractivity contribution in [2.75, 3.05) is 32.9 Å². The maximum atomic E-state index is 5.71. The topological polar surface area (TPSA) is 85.6 Å². The molecule has 0 aliphatic heterocycles. The van der Waals surface area contributed by atoms with Gasteiger partial charge in [0.15, 0.2) is 11.8 Å². The van der Waals surface area contributed by atoms with E-state index in [-0.39, 0.29) is 0 Å². The lowest BCUT2D eigenvalue weighted by Crippen LogP contribution is -2.40. The van der Waals surface area contributed by atoms with E-state index in [2.05, 4.69) is 25.8 Å². The summed E-state index contributed by atoms with van der Waals surface area (Å²) in [4.78, 5) is 4.61. The first kappa shape index (κ1) is 20.7. The van der Waals surface area contributed by atoms with Gasteiger partial charge in [-0.25, -0.2) is 4.99 Å². The Labute approximate surface area is 161 Å². The summed E-state index contributed by atoms with van der Waals surface area (Å²) >= 11 is 0. The second-order valence-electron chi connectivity index (χ2n) is 5.95. The van der Waals surface area contributed by atoms with Crippen LogP contribution in [0.15, 0.2) is 35.3 Å². The molecule has 8 heteroatoms. The largest absolute Gasteiger partial charge is 0.492 e. The van der Waals surface area contributed by atoms with Crippen molar-refractivity contribution < 1.29 is 9.47 Å². The van der Waals surface area contributed by atoms with Gasteiger partial charge in [-0.3, -0.25) is 0 Å². The number of aryl methyl sites for hydroxylation is 1. The van der Waals surface area contributed by atoms with Crippen LogP contribution in [0.4, 0.5) is 0 Å². The molecule has 0 fully saturated rings. The fourth-order valence-electron chi connectivity index (χ4n) is 2.29. The molecular formula is C19H30N6O2. The molecule has 0 spiro atoms. The SMILES string of the molecule is CCOCCCNC(=NCc1nnc(C)n1C)NCCOc1ccccc1. The number of aliphatic imine (C=N–C) groups is 1. The van der Waals surface area contributed by atoms with Crippen molar-refractivity contribution in [1.82, 2.24) is 25.4 Å². The molecule has 0 unspecified atom stereocenters. The van der Waals surface area contributed by atoms with E-state index in [1.54, 1.807) is 0 Å². The summed E-state index contributed by atoms with van der Waals surface area (Å²) in [6, 6.07) is 9.77. The number of nitrogens with one attached hydrogen (secondary N) is 2. The van der Waals surface area contributed by atoms with Crippen LogP contribution in [-0.2, 0) is 18.3 Å². The van der Waals surface area contributed by atoms with Crippen LogP contribution in [0.1, 0.15) is 25.0 Å². The third kappa shape index (κ3) is 7.65. The zero-order valence-corrected chi connectivity index (χ0v) is 16.4. The molecule has 148 valence electrons. The van der Waals surface area contributed by atoms with Gasteiger partial charge >= 0.3 is 0 Å². The highest BCUT2D eigenvalue weighted by Gasteiger charge is 2.05. The van der Waals surface area contributed by atoms with E-state index in [0.717, 1.165) is 49.5 Å². The normalized spacial score (nSPS) is 11.4. The smallest absolute Gasteiger partial charge is 0.191 e.